The van der Waals surface area contributed by atoms with Crippen LogP contribution in [0, 0.1) is 18.7 Å². The quantitative estimate of drug-likeness (QED) is 0.874. The molecule has 0 aliphatic carbocycles. The predicted octanol–water partition coefficient (Wildman–Crippen LogP) is 2.46. The molecule has 0 radical (unpaired) electrons. The van der Waals surface area contributed by atoms with Crippen LogP contribution in [0.3, 0.4) is 0 Å². The van der Waals surface area contributed by atoms with Crippen LogP contribution in [0.2, 0.25) is 0 Å². The van der Waals surface area contributed by atoms with Gasteiger partial charge in [0.25, 0.3) is 0 Å². The van der Waals surface area contributed by atoms with Crippen molar-refractivity contribution in [2.75, 3.05) is 11.9 Å². The van der Waals surface area contributed by atoms with Crippen LogP contribution in [-0.2, 0) is 4.79 Å². The van der Waals surface area contributed by atoms with E-state index in [-0.39, 0.29) is 6.04 Å². The van der Waals surface area contributed by atoms with Gasteiger partial charge in [0, 0.05) is 18.3 Å². The number of carbonyl (C=O) groups excluding carboxylic acids is 1. The molecule has 2 atom stereocenters. The minimum absolute atomic E-state index is 0.373. The van der Waals surface area contributed by atoms with Gasteiger partial charge in [0.05, 0.1) is 5.92 Å². The molecular formula is C14H17FN2O3. The third-order valence-electron chi connectivity index (χ3n) is 3.63. The van der Waals surface area contributed by atoms with Crippen LogP contribution in [0.25, 0.3) is 0 Å². The number of rotatable bonds is 2. The zero-order valence-electron chi connectivity index (χ0n) is 11.4. The first-order valence-electron chi connectivity index (χ1n) is 6.46. The van der Waals surface area contributed by atoms with Crippen molar-refractivity contribution in [2.45, 2.75) is 26.3 Å². The van der Waals surface area contributed by atoms with E-state index in [1.807, 2.05) is 0 Å². The minimum atomic E-state index is -0.894. The highest BCUT2D eigenvalue weighted by Gasteiger charge is 2.38. The minimum Gasteiger partial charge on any atom is -0.481 e. The number of aryl methyl sites for hydroxylation is 1. The lowest BCUT2D eigenvalue weighted by Gasteiger charge is -2.23. The van der Waals surface area contributed by atoms with E-state index < -0.39 is 23.7 Å². The van der Waals surface area contributed by atoms with E-state index >= 15 is 0 Å². The number of hydrogen-bond donors (Lipinski definition) is 2. The molecule has 0 spiro atoms. The van der Waals surface area contributed by atoms with E-state index in [0.29, 0.717) is 24.2 Å². The second kappa shape index (κ2) is 5.48. The number of carbonyl (C=O) groups is 2. The van der Waals surface area contributed by atoms with Crippen LogP contribution in [0.4, 0.5) is 14.9 Å². The highest BCUT2D eigenvalue weighted by molar-refractivity contribution is 5.90. The smallest absolute Gasteiger partial charge is 0.322 e. The summed E-state index contributed by atoms with van der Waals surface area (Å²) in [6, 6.07) is 3.50. The van der Waals surface area contributed by atoms with Crippen molar-refractivity contribution in [3.8, 4) is 0 Å². The summed E-state index contributed by atoms with van der Waals surface area (Å²) in [5.74, 6) is -1.86. The third kappa shape index (κ3) is 2.89. The number of halogens is 1. The Balaban J connectivity index is 2.07. The second-order valence-electron chi connectivity index (χ2n) is 5.11. The summed E-state index contributed by atoms with van der Waals surface area (Å²) in [4.78, 5) is 24.6. The van der Waals surface area contributed by atoms with Crippen LogP contribution in [0.5, 0.6) is 0 Å². The maximum Gasteiger partial charge on any atom is 0.322 e. The topological polar surface area (TPSA) is 69.6 Å². The lowest BCUT2D eigenvalue weighted by molar-refractivity contribution is -0.142. The first-order chi connectivity index (χ1) is 9.38. The zero-order chi connectivity index (χ0) is 14.9. The van der Waals surface area contributed by atoms with Crippen molar-refractivity contribution >= 4 is 17.7 Å². The van der Waals surface area contributed by atoms with Gasteiger partial charge in [-0.25, -0.2) is 9.18 Å². The van der Waals surface area contributed by atoms with Crippen molar-refractivity contribution in [1.29, 1.82) is 0 Å². The Hall–Kier alpha value is -2.11. The maximum atomic E-state index is 13.3. The molecule has 0 saturated carbocycles. The SMILES string of the molecule is Cc1cc(F)cc(NC(=O)N2CCC(C(=O)O)C2C)c1. The average Bonchev–Trinajstić information content (AvgIpc) is 2.69. The number of hydrogen-bond acceptors (Lipinski definition) is 2. The first kappa shape index (κ1) is 14.3. The van der Waals surface area contributed by atoms with Gasteiger partial charge < -0.3 is 15.3 Å². The number of carboxylic acids is 1. The molecule has 1 aliphatic rings. The summed E-state index contributed by atoms with van der Waals surface area (Å²) in [6.07, 6.45) is 0.437. The Bertz CT molecular complexity index is 527. The van der Waals surface area contributed by atoms with Crippen molar-refractivity contribution in [3.05, 3.63) is 29.6 Å². The van der Waals surface area contributed by atoms with Gasteiger partial charge >= 0.3 is 12.0 Å². The van der Waals surface area contributed by atoms with Gasteiger partial charge in [-0.3, -0.25) is 4.79 Å². The predicted molar refractivity (Wildman–Crippen MR) is 72.1 cm³/mol. The van der Waals surface area contributed by atoms with Gasteiger partial charge in [-0.15, -0.1) is 0 Å². The molecule has 1 aliphatic heterocycles. The maximum absolute atomic E-state index is 13.3. The number of urea groups is 1. The molecule has 2 amide bonds. The molecule has 1 saturated heterocycles. The lowest BCUT2D eigenvalue weighted by atomic mass is 10.0. The highest BCUT2D eigenvalue weighted by atomic mass is 19.1. The zero-order valence-corrected chi connectivity index (χ0v) is 11.4. The molecule has 2 unspecified atom stereocenters. The van der Waals surface area contributed by atoms with Crippen LogP contribution in [0.15, 0.2) is 18.2 Å². The summed E-state index contributed by atoms with van der Waals surface area (Å²) in [7, 11) is 0. The second-order valence-corrected chi connectivity index (χ2v) is 5.11. The molecule has 0 bridgehead atoms. The molecule has 1 aromatic carbocycles. The van der Waals surface area contributed by atoms with E-state index in [0.717, 1.165) is 0 Å². The molecule has 1 heterocycles. The van der Waals surface area contributed by atoms with Crippen molar-refractivity contribution in [3.63, 3.8) is 0 Å². The van der Waals surface area contributed by atoms with Gasteiger partial charge in [-0.2, -0.15) is 0 Å². The Morgan fingerprint density at radius 1 is 1.40 bits per heavy atom. The summed E-state index contributed by atoms with van der Waals surface area (Å²) in [5, 5.41) is 11.6. The lowest BCUT2D eigenvalue weighted by Crippen LogP contribution is -2.40. The monoisotopic (exact) mass is 280 g/mol. The van der Waals surface area contributed by atoms with Crippen LogP contribution in [-0.4, -0.2) is 34.6 Å². The number of aliphatic carboxylic acids is 1. The molecule has 1 aromatic rings. The van der Waals surface area contributed by atoms with E-state index in [1.54, 1.807) is 19.9 Å². The fourth-order valence-corrected chi connectivity index (χ4v) is 2.56. The molecular weight excluding hydrogens is 263 g/mol. The summed E-state index contributed by atoms with van der Waals surface area (Å²) < 4.78 is 13.3. The van der Waals surface area contributed by atoms with E-state index in [1.165, 1.54) is 17.0 Å². The Labute approximate surface area is 116 Å². The van der Waals surface area contributed by atoms with E-state index in [2.05, 4.69) is 5.32 Å². The van der Waals surface area contributed by atoms with Gasteiger partial charge in [0.1, 0.15) is 5.82 Å². The molecule has 0 aromatic heterocycles. The molecule has 2 rings (SSSR count). The number of benzene rings is 1. The average molecular weight is 280 g/mol. The largest absolute Gasteiger partial charge is 0.481 e. The van der Waals surface area contributed by atoms with Crippen LogP contribution >= 0.6 is 0 Å². The van der Waals surface area contributed by atoms with Gasteiger partial charge in [-0.05, 0) is 44.0 Å². The Morgan fingerprint density at radius 3 is 2.65 bits per heavy atom. The summed E-state index contributed by atoms with van der Waals surface area (Å²) >= 11 is 0. The molecule has 1 fully saturated rings. The van der Waals surface area contributed by atoms with Crippen molar-refractivity contribution < 1.29 is 19.1 Å². The molecule has 20 heavy (non-hydrogen) atoms. The Kier molecular flexibility index (Phi) is 3.92. The third-order valence-corrected chi connectivity index (χ3v) is 3.63. The first-order valence-corrected chi connectivity index (χ1v) is 6.46. The van der Waals surface area contributed by atoms with Gasteiger partial charge in [-0.1, -0.05) is 0 Å². The number of amides is 2. The molecule has 108 valence electrons. The Morgan fingerprint density at radius 2 is 2.10 bits per heavy atom. The van der Waals surface area contributed by atoms with Gasteiger partial charge in [0.2, 0.25) is 0 Å². The van der Waals surface area contributed by atoms with Crippen LogP contribution in [0.1, 0.15) is 18.9 Å². The summed E-state index contributed by atoms with van der Waals surface area (Å²) in [5.41, 5.74) is 1.08. The number of nitrogens with one attached hydrogen (secondary N) is 1. The standard InChI is InChI=1S/C14H17FN2O3/c1-8-5-10(15)7-11(6-8)16-14(20)17-4-3-12(9(17)2)13(18)19/h5-7,9,12H,3-4H2,1-2H3,(H,16,20)(H,18,19). The number of likely N-dealkylation sites (tertiary alicyclic amines) is 1. The number of carboxylic acid groups (broad SMARTS) is 1. The van der Waals surface area contributed by atoms with E-state index in [9.17, 15) is 14.0 Å². The normalized spacial score (nSPS) is 21.9. The van der Waals surface area contributed by atoms with Crippen molar-refractivity contribution in [1.82, 2.24) is 4.90 Å². The fourth-order valence-electron chi connectivity index (χ4n) is 2.56. The molecule has 2 N–H and O–H groups in total. The summed E-state index contributed by atoms with van der Waals surface area (Å²) in [6.45, 7) is 3.83. The fraction of sp³-hybridized carbons (Fsp3) is 0.429. The van der Waals surface area contributed by atoms with Gasteiger partial charge in [0.15, 0.2) is 0 Å². The van der Waals surface area contributed by atoms with E-state index in [4.69, 9.17) is 5.11 Å². The van der Waals surface area contributed by atoms with Crippen molar-refractivity contribution in [2.24, 2.45) is 5.92 Å². The van der Waals surface area contributed by atoms with Crippen LogP contribution < -0.4 is 5.32 Å². The molecule has 6 heteroatoms. The number of anilines is 1. The highest BCUT2D eigenvalue weighted by Crippen LogP contribution is 2.25. The molecule has 5 nitrogen and oxygen atoms in total. The number of nitrogens with zero attached hydrogens (tertiary/aromatic N) is 1.